The van der Waals surface area contributed by atoms with Gasteiger partial charge in [-0.15, -0.1) is 0 Å². The van der Waals surface area contributed by atoms with Crippen LogP contribution < -0.4 is 0 Å². The Morgan fingerprint density at radius 2 is 2.00 bits per heavy atom. The average molecular weight is 184 g/mol. The van der Waals surface area contributed by atoms with E-state index in [0.29, 0.717) is 0 Å². The van der Waals surface area contributed by atoms with Crippen molar-refractivity contribution in [2.45, 2.75) is 64.9 Å². The van der Waals surface area contributed by atoms with E-state index < -0.39 is 0 Å². The molecular weight excluding hydrogens is 160 g/mol. The summed E-state index contributed by atoms with van der Waals surface area (Å²) in [5, 5.41) is 9.21. The van der Waals surface area contributed by atoms with Crippen LogP contribution in [-0.2, 0) is 0 Å². The third-order valence-electron chi connectivity index (χ3n) is 3.46. The van der Waals surface area contributed by atoms with Crippen molar-refractivity contribution in [3.63, 3.8) is 0 Å². The minimum Gasteiger partial charge on any atom is -0.393 e. The molecule has 0 heterocycles. The monoisotopic (exact) mass is 184 g/mol. The smallest absolute Gasteiger partial charge is 0.0512 e. The molecule has 1 heteroatoms. The van der Waals surface area contributed by atoms with Crippen LogP contribution >= 0.6 is 0 Å². The summed E-state index contributed by atoms with van der Waals surface area (Å²) in [6.07, 6.45) is 9.19. The normalized spacial score (nSPS) is 31.6. The summed E-state index contributed by atoms with van der Waals surface area (Å²) in [6, 6.07) is 0. The molecule has 1 saturated carbocycles. The van der Waals surface area contributed by atoms with Gasteiger partial charge in [-0.25, -0.2) is 0 Å². The van der Waals surface area contributed by atoms with Crippen molar-refractivity contribution in [2.75, 3.05) is 0 Å². The fraction of sp³-hybridized carbons (Fsp3) is 1.00. The standard InChI is InChI=1S/C12H24O/c1-3-11-5-4-6-12(9-11)8-7-10(2)13/h10-13H,3-9H2,1-2H3. The van der Waals surface area contributed by atoms with E-state index in [0.717, 1.165) is 18.3 Å². The van der Waals surface area contributed by atoms with E-state index in [2.05, 4.69) is 6.92 Å². The SMILES string of the molecule is CCC1CCCC(CCC(C)O)C1. The Hall–Kier alpha value is -0.0400. The summed E-state index contributed by atoms with van der Waals surface area (Å²) in [6.45, 7) is 4.21. The second-order valence-corrected chi connectivity index (χ2v) is 4.73. The van der Waals surface area contributed by atoms with Gasteiger partial charge in [-0.1, -0.05) is 32.6 Å². The zero-order valence-electron chi connectivity index (χ0n) is 9.13. The highest BCUT2D eigenvalue weighted by Gasteiger charge is 2.20. The van der Waals surface area contributed by atoms with Gasteiger partial charge in [0.05, 0.1) is 6.10 Å². The Morgan fingerprint density at radius 3 is 2.62 bits per heavy atom. The molecule has 0 aliphatic heterocycles. The molecule has 1 aliphatic rings. The number of rotatable bonds is 4. The average Bonchev–Trinajstić information content (AvgIpc) is 2.15. The maximum absolute atomic E-state index is 9.21. The fourth-order valence-corrected chi connectivity index (χ4v) is 2.51. The molecular formula is C12H24O. The quantitative estimate of drug-likeness (QED) is 0.710. The van der Waals surface area contributed by atoms with Crippen molar-refractivity contribution < 1.29 is 5.11 Å². The van der Waals surface area contributed by atoms with Crippen LogP contribution in [0.25, 0.3) is 0 Å². The number of hydrogen-bond acceptors (Lipinski definition) is 1. The van der Waals surface area contributed by atoms with E-state index in [1.54, 1.807) is 0 Å². The molecule has 0 bridgehead atoms. The third-order valence-corrected chi connectivity index (χ3v) is 3.46. The molecule has 1 N–H and O–H groups in total. The van der Waals surface area contributed by atoms with Gasteiger partial charge in [0.2, 0.25) is 0 Å². The Labute approximate surface area is 82.5 Å². The highest BCUT2D eigenvalue weighted by molar-refractivity contribution is 4.72. The topological polar surface area (TPSA) is 20.2 Å². The Kier molecular flexibility index (Phi) is 4.79. The van der Waals surface area contributed by atoms with Crippen molar-refractivity contribution in [3.05, 3.63) is 0 Å². The van der Waals surface area contributed by atoms with Crippen LogP contribution in [0, 0.1) is 11.8 Å². The van der Waals surface area contributed by atoms with Crippen molar-refractivity contribution in [1.29, 1.82) is 0 Å². The van der Waals surface area contributed by atoms with Gasteiger partial charge < -0.3 is 5.11 Å². The lowest BCUT2D eigenvalue weighted by Gasteiger charge is -2.28. The van der Waals surface area contributed by atoms with Crippen molar-refractivity contribution in [1.82, 2.24) is 0 Å². The molecule has 1 fully saturated rings. The van der Waals surface area contributed by atoms with Crippen molar-refractivity contribution in [2.24, 2.45) is 11.8 Å². The largest absolute Gasteiger partial charge is 0.393 e. The number of aliphatic hydroxyl groups is 1. The first-order valence-electron chi connectivity index (χ1n) is 5.90. The summed E-state index contributed by atoms with van der Waals surface area (Å²) >= 11 is 0. The van der Waals surface area contributed by atoms with E-state index >= 15 is 0 Å². The minimum atomic E-state index is -0.0954. The van der Waals surface area contributed by atoms with Gasteiger partial charge in [0.1, 0.15) is 0 Å². The maximum atomic E-state index is 9.21. The third kappa shape index (κ3) is 4.12. The van der Waals surface area contributed by atoms with Crippen molar-refractivity contribution in [3.8, 4) is 0 Å². The van der Waals surface area contributed by atoms with Crippen LogP contribution in [0.2, 0.25) is 0 Å². The predicted octanol–water partition coefficient (Wildman–Crippen LogP) is 3.36. The van der Waals surface area contributed by atoms with Crippen LogP contribution in [0.15, 0.2) is 0 Å². The molecule has 1 rings (SSSR count). The summed E-state index contributed by atoms with van der Waals surface area (Å²) in [5.74, 6) is 1.89. The molecule has 3 atom stereocenters. The number of hydrogen-bond donors (Lipinski definition) is 1. The lowest BCUT2D eigenvalue weighted by molar-refractivity contribution is 0.158. The van der Waals surface area contributed by atoms with Gasteiger partial charge >= 0.3 is 0 Å². The van der Waals surface area contributed by atoms with E-state index in [1.165, 1.54) is 38.5 Å². The minimum absolute atomic E-state index is 0.0954. The first kappa shape index (κ1) is 11.0. The molecule has 78 valence electrons. The van der Waals surface area contributed by atoms with Gasteiger partial charge in [-0.2, -0.15) is 0 Å². The number of aliphatic hydroxyl groups excluding tert-OH is 1. The Bertz CT molecular complexity index is 131. The molecule has 1 aliphatic carbocycles. The van der Waals surface area contributed by atoms with Crippen LogP contribution in [0.4, 0.5) is 0 Å². The summed E-state index contributed by atoms with van der Waals surface area (Å²) in [4.78, 5) is 0. The summed E-state index contributed by atoms with van der Waals surface area (Å²) in [5.41, 5.74) is 0. The van der Waals surface area contributed by atoms with Crippen LogP contribution in [-0.4, -0.2) is 11.2 Å². The van der Waals surface area contributed by atoms with Gasteiger partial charge in [-0.3, -0.25) is 0 Å². The zero-order valence-corrected chi connectivity index (χ0v) is 9.13. The maximum Gasteiger partial charge on any atom is 0.0512 e. The van der Waals surface area contributed by atoms with Crippen LogP contribution in [0.3, 0.4) is 0 Å². The second kappa shape index (κ2) is 5.64. The van der Waals surface area contributed by atoms with Crippen LogP contribution in [0.5, 0.6) is 0 Å². The molecule has 13 heavy (non-hydrogen) atoms. The van der Waals surface area contributed by atoms with E-state index in [9.17, 15) is 5.11 Å². The molecule has 1 nitrogen and oxygen atoms in total. The van der Waals surface area contributed by atoms with Crippen LogP contribution in [0.1, 0.15) is 58.8 Å². The lowest BCUT2D eigenvalue weighted by atomic mass is 9.78. The van der Waals surface area contributed by atoms with E-state index in [-0.39, 0.29) is 6.10 Å². The van der Waals surface area contributed by atoms with Gasteiger partial charge in [0.15, 0.2) is 0 Å². The van der Waals surface area contributed by atoms with E-state index in [1.807, 2.05) is 6.92 Å². The molecule has 0 saturated heterocycles. The molecule has 0 aromatic heterocycles. The first-order chi connectivity index (χ1) is 6.22. The Balaban J connectivity index is 2.18. The van der Waals surface area contributed by atoms with Crippen molar-refractivity contribution >= 4 is 0 Å². The molecule has 3 unspecified atom stereocenters. The van der Waals surface area contributed by atoms with Gasteiger partial charge in [0.25, 0.3) is 0 Å². The molecule has 0 aromatic carbocycles. The van der Waals surface area contributed by atoms with E-state index in [4.69, 9.17) is 0 Å². The van der Waals surface area contributed by atoms with Gasteiger partial charge in [0, 0.05) is 0 Å². The van der Waals surface area contributed by atoms with Gasteiger partial charge in [-0.05, 0) is 38.0 Å². The Morgan fingerprint density at radius 1 is 1.31 bits per heavy atom. The highest BCUT2D eigenvalue weighted by Crippen LogP contribution is 2.33. The molecule has 0 amide bonds. The summed E-state index contributed by atoms with van der Waals surface area (Å²) < 4.78 is 0. The second-order valence-electron chi connectivity index (χ2n) is 4.73. The summed E-state index contributed by atoms with van der Waals surface area (Å²) in [7, 11) is 0. The molecule has 0 spiro atoms. The fourth-order valence-electron chi connectivity index (χ4n) is 2.51. The zero-order chi connectivity index (χ0) is 9.68. The lowest BCUT2D eigenvalue weighted by Crippen LogP contribution is -2.16. The predicted molar refractivity (Wildman–Crippen MR) is 56.7 cm³/mol. The first-order valence-corrected chi connectivity index (χ1v) is 5.90. The molecule has 0 aromatic rings. The molecule has 0 radical (unpaired) electrons. The highest BCUT2D eigenvalue weighted by atomic mass is 16.3.